The minimum Gasteiger partial charge on any atom is -0.478 e. The van der Waals surface area contributed by atoms with Crippen LogP contribution < -0.4 is 11.1 Å². The normalized spacial score (nSPS) is 20.7. The molecule has 0 aromatic carbocycles. The van der Waals surface area contributed by atoms with Crippen molar-refractivity contribution in [1.82, 2.24) is 14.6 Å². The minimum atomic E-state index is -4.94. The van der Waals surface area contributed by atoms with E-state index in [2.05, 4.69) is 15.5 Å². The van der Waals surface area contributed by atoms with Crippen molar-refractivity contribution >= 4 is 61.1 Å². The van der Waals surface area contributed by atoms with Gasteiger partial charge in [-0.05, 0) is 13.8 Å². The average molecular weight is 498 g/mol. The summed E-state index contributed by atoms with van der Waals surface area (Å²) in [4.78, 5) is 45.0. The lowest BCUT2D eigenvalue weighted by atomic mass is 10.0. The number of nitrogen functional groups attached to an aromatic ring is 1. The van der Waals surface area contributed by atoms with Gasteiger partial charge in [0.05, 0.1) is 6.04 Å². The number of nitrogens with one attached hydrogen (secondary N) is 1. The maximum atomic E-state index is 12.8. The van der Waals surface area contributed by atoms with Crippen molar-refractivity contribution in [3.63, 3.8) is 0 Å². The van der Waals surface area contributed by atoms with Gasteiger partial charge in [-0.1, -0.05) is 5.16 Å². The summed E-state index contributed by atoms with van der Waals surface area (Å²) in [5.41, 5.74) is 3.11. The third kappa shape index (κ3) is 5.54. The van der Waals surface area contributed by atoms with Crippen LogP contribution in [0.5, 0.6) is 0 Å². The van der Waals surface area contributed by atoms with Crippen molar-refractivity contribution in [1.29, 1.82) is 0 Å². The molecule has 1 unspecified atom stereocenters. The predicted molar refractivity (Wildman–Crippen MR) is 109 cm³/mol. The van der Waals surface area contributed by atoms with Crippen molar-refractivity contribution < 1.29 is 41.5 Å². The Morgan fingerprint density at radius 1 is 1.48 bits per heavy atom. The minimum absolute atomic E-state index is 0.0597. The Bertz CT molecular complexity index is 1070. The molecule has 3 atom stereocenters. The van der Waals surface area contributed by atoms with E-state index in [0.29, 0.717) is 0 Å². The summed E-state index contributed by atoms with van der Waals surface area (Å²) in [5.74, 6) is -3.95. The second-order valence-electron chi connectivity index (χ2n) is 6.79. The summed E-state index contributed by atoms with van der Waals surface area (Å²) >= 11 is 0.948. The topological polar surface area (TPSA) is 219 Å². The van der Waals surface area contributed by atoms with Gasteiger partial charge in [0.1, 0.15) is 11.7 Å². The van der Waals surface area contributed by atoms with Gasteiger partial charge < -0.3 is 21.0 Å². The van der Waals surface area contributed by atoms with Crippen LogP contribution in [0.1, 0.15) is 19.5 Å². The number of aliphatic carboxylic acids is 1. The van der Waals surface area contributed by atoms with Crippen LogP contribution in [-0.4, -0.2) is 84.8 Å². The number of anilines is 1. The van der Waals surface area contributed by atoms with Gasteiger partial charge in [-0.25, -0.2) is 14.1 Å². The molecule has 2 amide bonds. The summed E-state index contributed by atoms with van der Waals surface area (Å²) in [6.07, 6.45) is 1.25. The lowest BCUT2D eigenvalue weighted by Gasteiger charge is -2.43. The molecule has 1 saturated heterocycles. The lowest BCUT2D eigenvalue weighted by molar-refractivity contribution is -0.161. The van der Waals surface area contributed by atoms with Gasteiger partial charge in [0, 0.05) is 28.2 Å². The number of amides is 2. The number of carboxylic acid groups (broad SMARTS) is 1. The largest absolute Gasteiger partial charge is 0.478 e. The molecule has 0 saturated carbocycles. The molecule has 1 aromatic rings. The van der Waals surface area contributed by atoms with Crippen molar-refractivity contribution in [2.24, 2.45) is 5.16 Å². The Balaban J connectivity index is 2.33. The van der Waals surface area contributed by atoms with E-state index < -0.39 is 62.3 Å². The fraction of sp³-hybridized carbons (Fsp3) is 0.500. The van der Waals surface area contributed by atoms with Gasteiger partial charge >= 0.3 is 16.3 Å². The molecule has 0 radical (unpaired) electrons. The summed E-state index contributed by atoms with van der Waals surface area (Å²) in [7, 11) is -6.52. The zero-order valence-electron chi connectivity index (χ0n) is 16.3. The number of carbonyl (C=O) groups is 3. The highest BCUT2D eigenvalue weighted by Gasteiger charge is 2.54. The Kier molecular flexibility index (Phi) is 7.03. The third-order valence-electron chi connectivity index (χ3n) is 3.97. The van der Waals surface area contributed by atoms with Crippen LogP contribution in [0.4, 0.5) is 5.13 Å². The van der Waals surface area contributed by atoms with Crippen LogP contribution in [0.2, 0.25) is 0 Å². The molecule has 1 aliphatic heterocycles. The molecule has 31 heavy (non-hydrogen) atoms. The van der Waals surface area contributed by atoms with E-state index in [4.69, 9.17) is 15.7 Å². The lowest BCUT2D eigenvalue weighted by Crippen LogP contribution is -2.73. The first kappa shape index (κ1) is 24.6. The molecule has 172 valence electrons. The van der Waals surface area contributed by atoms with Crippen LogP contribution in [0.3, 0.4) is 0 Å². The number of hydrogen-bond donors (Lipinski definition) is 4. The van der Waals surface area contributed by atoms with Crippen molar-refractivity contribution in [2.45, 2.75) is 31.5 Å². The maximum absolute atomic E-state index is 12.8. The van der Waals surface area contributed by atoms with Crippen LogP contribution in [0.15, 0.2) is 10.5 Å². The van der Waals surface area contributed by atoms with E-state index in [9.17, 15) is 31.6 Å². The first-order valence-corrected chi connectivity index (χ1v) is 12.3. The summed E-state index contributed by atoms with van der Waals surface area (Å²) in [6.45, 7) is 2.35. The van der Waals surface area contributed by atoms with E-state index in [-0.39, 0.29) is 20.9 Å². The highest BCUT2D eigenvalue weighted by molar-refractivity contribution is 7.85. The number of hydrogen-bond acceptors (Lipinski definition) is 11. The van der Waals surface area contributed by atoms with Gasteiger partial charge in [0.2, 0.25) is 5.60 Å². The van der Waals surface area contributed by atoms with E-state index in [1.54, 1.807) is 0 Å². The number of oxime groups is 1. The molecule has 1 aromatic heterocycles. The third-order valence-corrected chi connectivity index (χ3v) is 6.40. The highest BCUT2D eigenvalue weighted by Crippen LogP contribution is 2.25. The monoisotopic (exact) mass is 497 g/mol. The van der Waals surface area contributed by atoms with Gasteiger partial charge in [0.25, 0.3) is 11.8 Å². The number of nitrogens with two attached hydrogens (primary N) is 1. The standard InChI is InChI=1S/C14H19N5O9S3/c1-14(2,12(22)23)28-18-8(6-4-29-13(15)16-6)10(20)17-9-7(5-30(3)24)19(11(9)21)31(25,26)27/h4,7,9H,5H2,1-3H3,(H2,15,16)(H,17,20)(H,22,23)(H,25,26,27)/b18-8-/t7-,9+,30?/m0/s1. The number of thiazole rings is 1. The number of rotatable bonds is 9. The van der Waals surface area contributed by atoms with Crippen LogP contribution in [0.25, 0.3) is 0 Å². The molecule has 2 rings (SSSR count). The fourth-order valence-corrected chi connectivity index (χ4v) is 4.72. The summed E-state index contributed by atoms with van der Waals surface area (Å²) < 4.78 is 43.7. The van der Waals surface area contributed by atoms with Gasteiger partial charge in [-0.3, -0.25) is 18.4 Å². The Hall–Kier alpha value is -2.63. The summed E-state index contributed by atoms with van der Waals surface area (Å²) in [6, 6.07) is -2.76. The van der Waals surface area contributed by atoms with Crippen molar-refractivity contribution in [2.75, 3.05) is 17.7 Å². The quantitative estimate of drug-likeness (QED) is 0.129. The van der Waals surface area contributed by atoms with E-state index in [0.717, 1.165) is 11.3 Å². The molecule has 1 aliphatic rings. The van der Waals surface area contributed by atoms with Gasteiger partial charge in [0.15, 0.2) is 10.8 Å². The number of carboxylic acids is 1. The first-order valence-electron chi connectivity index (χ1n) is 8.27. The van der Waals surface area contributed by atoms with Gasteiger partial charge in [-0.2, -0.15) is 8.42 Å². The van der Waals surface area contributed by atoms with Crippen molar-refractivity contribution in [3.8, 4) is 0 Å². The summed E-state index contributed by atoms with van der Waals surface area (Å²) in [5, 5.41) is 16.3. The van der Waals surface area contributed by atoms with Gasteiger partial charge in [-0.15, -0.1) is 11.3 Å². The van der Waals surface area contributed by atoms with Crippen molar-refractivity contribution in [3.05, 3.63) is 11.1 Å². The smallest absolute Gasteiger partial charge is 0.362 e. The number of carbonyl (C=O) groups excluding carboxylic acids is 2. The van der Waals surface area contributed by atoms with E-state index in [1.165, 1.54) is 25.5 Å². The Labute approximate surface area is 182 Å². The van der Waals surface area contributed by atoms with E-state index >= 15 is 0 Å². The molecule has 17 heteroatoms. The second-order valence-corrected chi connectivity index (χ2v) is 10.4. The highest BCUT2D eigenvalue weighted by atomic mass is 32.2. The molecule has 1 fully saturated rings. The Morgan fingerprint density at radius 2 is 2.10 bits per heavy atom. The molecule has 0 aliphatic carbocycles. The van der Waals surface area contributed by atoms with Crippen LogP contribution >= 0.6 is 11.3 Å². The molecular weight excluding hydrogens is 478 g/mol. The SMILES string of the molecule is CS(=O)C[C@H]1[C@@H](NC(=O)/C(=N\OC(C)(C)C(=O)O)c2csc(N)n2)C(=O)N1S(=O)(=O)O. The van der Waals surface area contributed by atoms with Crippen LogP contribution in [-0.2, 0) is 40.3 Å². The second kappa shape index (κ2) is 8.85. The molecular formula is C14H19N5O9S3. The molecule has 0 spiro atoms. The van der Waals surface area contributed by atoms with Crippen LogP contribution in [0, 0.1) is 0 Å². The molecule has 14 nitrogen and oxygen atoms in total. The molecule has 5 N–H and O–H groups in total. The average Bonchev–Trinajstić information content (AvgIpc) is 3.03. The number of nitrogens with zero attached hydrogens (tertiary/aromatic N) is 3. The molecule has 2 heterocycles. The first-order chi connectivity index (χ1) is 14.1. The zero-order valence-corrected chi connectivity index (χ0v) is 18.8. The number of aromatic nitrogens is 1. The fourth-order valence-electron chi connectivity index (χ4n) is 2.37. The Morgan fingerprint density at radius 3 is 2.55 bits per heavy atom. The molecule has 0 bridgehead atoms. The van der Waals surface area contributed by atoms with E-state index in [1.807, 2.05) is 0 Å². The maximum Gasteiger partial charge on any atom is 0.362 e. The number of β-lactam (4-membered cyclic amide) rings is 1. The zero-order chi connectivity index (χ0) is 23.7. The predicted octanol–water partition coefficient (Wildman–Crippen LogP) is -1.81.